The van der Waals surface area contributed by atoms with Gasteiger partial charge in [0.25, 0.3) is 11.7 Å². The van der Waals surface area contributed by atoms with Crippen LogP contribution < -0.4 is 10.6 Å². The maximum absolute atomic E-state index is 12.1. The Morgan fingerprint density at radius 2 is 1.48 bits per heavy atom. The number of Topliss-reactive ketones (excluding diaryl/α,β-unsaturated/α-hetero) is 1. The van der Waals surface area contributed by atoms with Crippen molar-refractivity contribution >= 4 is 17.4 Å². The van der Waals surface area contributed by atoms with Crippen molar-refractivity contribution < 1.29 is 14.7 Å². The number of rotatable bonds is 7. The van der Waals surface area contributed by atoms with Gasteiger partial charge in [0.15, 0.2) is 0 Å². The lowest BCUT2D eigenvalue weighted by Crippen LogP contribution is -2.25. The Labute approximate surface area is 169 Å². The third kappa shape index (κ3) is 3.91. The molecule has 0 atom stereocenters. The summed E-state index contributed by atoms with van der Waals surface area (Å²) in [6, 6.07) is 23.9. The molecule has 5 nitrogen and oxygen atoms in total. The van der Waals surface area contributed by atoms with Gasteiger partial charge < -0.3 is 15.7 Å². The molecule has 4 rings (SSSR count). The minimum absolute atomic E-state index is 0.0795. The molecule has 0 bridgehead atoms. The topological polar surface area (TPSA) is 78.4 Å². The van der Waals surface area contributed by atoms with Gasteiger partial charge in [-0.1, -0.05) is 66.7 Å². The monoisotopic (exact) mass is 386 g/mol. The molecule has 3 aromatic rings. The summed E-state index contributed by atoms with van der Waals surface area (Å²) in [5.74, 6) is -1.14. The number of phenolic OH excluding ortho intramolecular Hbond substituents is 1. The van der Waals surface area contributed by atoms with Gasteiger partial charge in [-0.25, -0.2) is 0 Å². The molecular formula is C24H22N2O3. The second-order valence-corrected chi connectivity index (χ2v) is 7.11. The third-order valence-corrected chi connectivity index (χ3v) is 5.26. The first-order chi connectivity index (χ1) is 14.1. The van der Waals surface area contributed by atoms with Crippen LogP contribution in [-0.2, 0) is 11.2 Å². The standard InChI is InChI=1S/C24H22N2O3/c27-20-12-11-18(21-22(20)26-24(29)23(21)28)13-14-25-15-19(16-7-3-1-4-8-16)17-9-5-2-6-10-17/h1-12,19,25,27H,13-15H2,(H,26,28,29). The molecule has 1 amide bonds. The van der Waals surface area contributed by atoms with E-state index in [9.17, 15) is 14.7 Å². The first-order valence-electron chi connectivity index (χ1n) is 9.66. The van der Waals surface area contributed by atoms with Crippen LogP contribution in [0.5, 0.6) is 5.75 Å². The number of phenols is 1. The maximum Gasteiger partial charge on any atom is 0.296 e. The van der Waals surface area contributed by atoms with Crippen molar-refractivity contribution in [2.75, 3.05) is 18.4 Å². The van der Waals surface area contributed by atoms with Crippen molar-refractivity contribution in [3.8, 4) is 5.75 Å². The molecule has 29 heavy (non-hydrogen) atoms. The van der Waals surface area contributed by atoms with Crippen LogP contribution in [0.4, 0.5) is 5.69 Å². The average molecular weight is 386 g/mol. The molecular weight excluding hydrogens is 364 g/mol. The first kappa shape index (κ1) is 18.9. The Morgan fingerprint density at radius 3 is 2.10 bits per heavy atom. The van der Waals surface area contributed by atoms with Gasteiger partial charge in [0, 0.05) is 12.5 Å². The maximum atomic E-state index is 12.1. The second kappa shape index (κ2) is 8.29. The largest absolute Gasteiger partial charge is 0.506 e. The molecule has 3 aromatic carbocycles. The van der Waals surface area contributed by atoms with Crippen LogP contribution in [0.1, 0.15) is 33.0 Å². The highest BCUT2D eigenvalue weighted by atomic mass is 16.3. The summed E-state index contributed by atoms with van der Waals surface area (Å²) in [6.45, 7) is 1.40. The van der Waals surface area contributed by atoms with Crippen molar-refractivity contribution in [3.05, 3.63) is 95.1 Å². The van der Waals surface area contributed by atoms with E-state index in [-0.39, 0.29) is 17.4 Å². The number of aromatic hydroxyl groups is 1. The Morgan fingerprint density at radius 1 is 0.862 bits per heavy atom. The van der Waals surface area contributed by atoms with Crippen LogP contribution in [0, 0.1) is 0 Å². The van der Waals surface area contributed by atoms with Crippen molar-refractivity contribution in [2.24, 2.45) is 0 Å². The lowest BCUT2D eigenvalue weighted by Gasteiger charge is -2.19. The summed E-state index contributed by atoms with van der Waals surface area (Å²) >= 11 is 0. The Bertz CT molecular complexity index is 993. The van der Waals surface area contributed by atoms with E-state index in [0.29, 0.717) is 18.5 Å². The summed E-state index contributed by atoms with van der Waals surface area (Å²) in [6.07, 6.45) is 0.583. The number of fused-ring (bicyclic) bond motifs is 1. The Hall–Kier alpha value is -3.44. The zero-order valence-corrected chi connectivity index (χ0v) is 15.9. The quantitative estimate of drug-likeness (QED) is 0.330. The number of ketones is 1. The van der Waals surface area contributed by atoms with Crippen LogP contribution in [0.2, 0.25) is 0 Å². The Kier molecular flexibility index (Phi) is 5.40. The number of hydrogen-bond acceptors (Lipinski definition) is 4. The van der Waals surface area contributed by atoms with Crippen molar-refractivity contribution in [2.45, 2.75) is 12.3 Å². The van der Waals surface area contributed by atoms with E-state index in [1.165, 1.54) is 17.2 Å². The summed E-state index contributed by atoms with van der Waals surface area (Å²) in [5, 5.41) is 15.8. The highest BCUT2D eigenvalue weighted by Gasteiger charge is 2.32. The fraction of sp³-hybridized carbons (Fsp3) is 0.167. The number of hydrogen-bond donors (Lipinski definition) is 3. The normalized spacial score (nSPS) is 12.9. The number of carbonyl (C=O) groups is 2. The average Bonchev–Trinajstić information content (AvgIpc) is 3.06. The van der Waals surface area contributed by atoms with E-state index in [0.717, 1.165) is 12.1 Å². The second-order valence-electron chi connectivity index (χ2n) is 7.11. The van der Waals surface area contributed by atoms with E-state index in [4.69, 9.17) is 0 Å². The highest BCUT2D eigenvalue weighted by molar-refractivity contribution is 6.52. The molecule has 1 heterocycles. The predicted octanol–water partition coefficient (Wildman–Crippen LogP) is 3.49. The highest BCUT2D eigenvalue weighted by Crippen LogP contribution is 2.35. The van der Waals surface area contributed by atoms with Crippen molar-refractivity contribution in [1.82, 2.24) is 5.32 Å². The third-order valence-electron chi connectivity index (χ3n) is 5.26. The number of carbonyl (C=O) groups excluding carboxylic acids is 2. The minimum Gasteiger partial charge on any atom is -0.506 e. The molecule has 5 heteroatoms. The van der Waals surface area contributed by atoms with Gasteiger partial charge in [0.2, 0.25) is 0 Å². The van der Waals surface area contributed by atoms with Crippen molar-refractivity contribution in [3.63, 3.8) is 0 Å². The van der Waals surface area contributed by atoms with Gasteiger partial charge in [-0.2, -0.15) is 0 Å². The van der Waals surface area contributed by atoms with E-state index >= 15 is 0 Å². The van der Waals surface area contributed by atoms with Gasteiger partial charge >= 0.3 is 0 Å². The Balaban J connectivity index is 1.45. The molecule has 0 radical (unpaired) electrons. The summed E-state index contributed by atoms with van der Waals surface area (Å²) in [5.41, 5.74) is 3.75. The molecule has 1 aliphatic rings. The molecule has 0 aromatic heterocycles. The fourth-order valence-corrected chi connectivity index (χ4v) is 3.78. The van der Waals surface area contributed by atoms with Crippen LogP contribution in [-0.4, -0.2) is 29.9 Å². The summed E-state index contributed by atoms with van der Waals surface area (Å²) < 4.78 is 0. The smallest absolute Gasteiger partial charge is 0.296 e. The van der Waals surface area contributed by atoms with Crippen LogP contribution in [0.15, 0.2) is 72.8 Å². The van der Waals surface area contributed by atoms with Gasteiger partial charge in [-0.05, 0) is 35.7 Å². The molecule has 1 aliphatic heterocycles. The number of anilines is 1. The minimum atomic E-state index is -0.691. The van der Waals surface area contributed by atoms with Crippen LogP contribution in [0.3, 0.4) is 0 Å². The lowest BCUT2D eigenvalue weighted by molar-refractivity contribution is -0.112. The van der Waals surface area contributed by atoms with Crippen LogP contribution in [0.25, 0.3) is 0 Å². The first-order valence-corrected chi connectivity index (χ1v) is 9.66. The number of nitrogens with one attached hydrogen (secondary N) is 2. The van der Waals surface area contributed by atoms with E-state index in [2.05, 4.69) is 34.9 Å². The van der Waals surface area contributed by atoms with Gasteiger partial charge in [0.05, 0.1) is 11.3 Å². The summed E-state index contributed by atoms with van der Waals surface area (Å²) in [7, 11) is 0. The number of amides is 1. The number of benzene rings is 3. The van der Waals surface area contributed by atoms with Crippen LogP contribution >= 0.6 is 0 Å². The molecule has 146 valence electrons. The zero-order chi connectivity index (χ0) is 20.2. The molecule has 0 saturated carbocycles. The van der Waals surface area contributed by atoms with E-state index in [1.54, 1.807) is 6.07 Å². The summed E-state index contributed by atoms with van der Waals surface area (Å²) in [4.78, 5) is 23.8. The lowest BCUT2D eigenvalue weighted by atomic mass is 9.91. The molecule has 0 unspecified atom stereocenters. The molecule has 0 fully saturated rings. The molecule has 0 spiro atoms. The zero-order valence-electron chi connectivity index (χ0n) is 15.9. The SMILES string of the molecule is O=C1Nc2c(O)ccc(CCNCC(c3ccccc3)c3ccccc3)c2C1=O. The van der Waals surface area contributed by atoms with Gasteiger partial charge in [-0.3, -0.25) is 9.59 Å². The molecule has 0 aliphatic carbocycles. The predicted molar refractivity (Wildman–Crippen MR) is 112 cm³/mol. The van der Waals surface area contributed by atoms with E-state index in [1.807, 2.05) is 36.4 Å². The van der Waals surface area contributed by atoms with E-state index < -0.39 is 11.7 Å². The van der Waals surface area contributed by atoms with Gasteiger partial charge in [-0.15, -0.1) is 0 Å². The van der Waals surface area contributed by atoms with Gasteiger partial charge in [0.1, 0.15) is 5.75 Å². The molecule has 0 saturated heterocycles. The fourth-order valence-electron chi connectivity index (χ4n) is 3.78. The van der Waals surface area contributed by atoms with Crippen molar-refractivity contribution in [1.29, 1.82) is 0 Å². The molecule has 3 N–H and O–H groups in total.